The standard InChI is InChI=1S/C17H18N4O5S/c1-13-5-6-14(12-18-13)17(22)19-7-9-20(10-8-19)27(25,26)16-4-2-3-15(11-16)21(23)24/h2-6,11-12H,7-10H2,1H3. The topological polar surface area (TPSA) is 114 Å². The van der Waals surface area contributed by atoms with Crippen LogP contribution in [0.4, 0.5) is 5.69 Å². The highest BCUT2D eigenvalue weighted by atomic mass is 32.2. The summed E-state index contributed by atoms with van der Waals surface area (Å²) < 4.78 is 26.7. The number of nitro groups is 1. The van der Waals surface area contributed by atoms with Crippen LogP contribution < -0.4 is 0 Å². The number of aromatic nitrogens is 1. The lowest BCUT2D eigenvalue weighted by Crippen LogP contribution is -2.50. The van der Waals surface area contributed by atoms with Gasteiger partial charge in [-0.3, -0.25) is 19.9 Å². The van der Waals surface area contributed by atoms with Crippen molar-refractivity contribution >= 4 is 21.6 Å². The van der Waals surface area contributed by atoms with Crippen LogP contribution in [0, 0.1) is 17.0 Å². The molecule has 1 amide bonds. The highest BCUT2D eigenvalue weighted by Gasteiger charge is 2.31. The Balaban J connectivity index is 1.71. The van der Waals surface area contributed by atoms with E-state index in [-0.39, 0.29) is 42.7 Å². The number of aryl methyl sites for hydroxylation is 1. The summed E-state index contributed by atoms with van der Waals surface area (Å²) in [5.74, 6) is -0.199. The van der Waals surface area contributed by atoms with E-state index < -0.39 is 14.9 Å². The minimum absolute atomic E-state index is 0.121. The van der Waals surface area contributed by atoms with Gasteiger partial charge >= 0.3 is 0 Å². The maximum atomic E-state index is 12.7. The van der Waals surface area contributed by atoms with Crippen molar-refractivity contribution in [3.05, 3.63) is 64.0 Å². The number of benzene rings is 1. The average molecular weight is 390 g/mol. The first-order valence-corrected chi connectivity index (χ1v) is 9.69. The van der Waals surface area contributed by atoms with Crippen molar-refractivity contribution in [3.8, 4) is 0 Å². The number of hydrogen-bond acceptors (Lipinski definition) is 6. The maximum Gasteiger partial charge on any atom is 0.270 e. The molecule has 2 aromatic rings. The number of hydrogen-bond donors (Lipinski definition) is 0. The number of rotatable bonds is 4. The van der Waals surface area contributed by atoms with Crippen LogP contribution in [0.25, 0.3) is 0 Å². The fourth-order valence-electron chi connectivity index (χ4n) is 2.82. The Kier molecular flexibility index (Phi) is 5.19. The van der Waals surface area contributed by atoms with Gasteiger partial charge in [0.05, 0.1) is 15.4 Å². The Bertz CT molecular complexity index is 967. The second-order valence-electron chi connectivity index (χ2n) is 6.14. The van der Waals surface area contributed by atoms with Crippen LogP contribution >= 0.6 is 0 Å². The van der Waals surface area contributed by atoms with Crippen molar-refractivity contribution < 1.29 is 18.1 Å². The molecular weight excluding hydrogens is 372 g/mol. The zero-order valence-electron chi connectivity index (χ0n) is 14.6. The summed E-state index contributed by atoms with van der Waals surface area (Å²) in [5, 5.41) is 10.9. The van der Waals surface area contributed by atoms with Gasteiger partial charge in [-0.1, -0.05) is 6.07 Å². The molecule has 1 aromatic carbocycles. The molecule has 27 heavy (non-hydrogen) atoms. The average Bonchev–Trinajstić information content (AvgIpc) is 2.68. The number of sulfonamides is 1. The number of nitro benzene ring substituents is 1. The van der Waals surface area contributed by atoms with Crippen LogP contribution in [0.3, 0.4) is 0 Å². The van der Waals surface area contributed by atoms with Crippen LogP contribution in [0.5, 0.6) is 0 Å². The van der Waals surface area contributed by atoms with Crippen molar-refractivity contribution in [2.75, 3.05) is 26.2 Å². The maximum absolute atomic E-state index is 12.7. The quantitative estimate of drug-likeness (QED) is 0.577. The molecule has 0 atom stereocenters. The SMILES string of the molecule is Cc1ccc(C(=O)N2CCN(S(=O)(=O)c3cccc([N+](=O)[O-])c3)CC2)cn1. The number of non-ortho nitro benzene ring substituents is 1. The lowest BCUT2D eigenvalue weighted by Gasteiger charge is -2.34. The monoisotopic (exact) mass is 390 g/mol. The zero-order chi connectivity index (χ0) is 19.6. The largest absolute Gasteiger partial charge is 0.336 e. The van der Waals surface area contributed by atoms with Gasteiger partial charge in [0, 0.05) is 50.2 Å². The number of piperazine rings is 1. The van der Waals surface area contributed by atoms with Gasteiger partial charge in [-0.15, -0.1) is 0 Å². The van der Waals surface area contributed by atoms with Gasteiger partial charge in [-0.2, -0.15) is 4.31 Å². The Morgan fingerprint density at radius 3 is 2.44 bits per heavy atom. The van der Waals surface area contributed by atoms with Gasteiger partial charge in [0.15, 0.2) is 0 Å². The summed E-state index contributed by atoms with van der Waals surface area (Å²) in [5.41, 5.74) is 0.978. The molecule has 2 heterocycles. The van der Waals surface area contributed by atoms with E-state index in [1.54, 1.807) is 17.0 Å². The summed E-state index contributed by atoms with van der Waals surface area (Å²) in [6.45, 7) is 2.54. The van der Waals surface area contributed by atoms with Crippen LogP contribution in [-0.2, 0) is 10.0 Å². The van der Waals surface area contributed by atoms with Crippen molar-refractivity contribution in [3.63, 3.8) is 0 Å². The number of carbonyl (C=O) groups excluding carboxylic acids is 1. The van der Waals surface area contributed by atoms with E-state index in [0.29, 0.717) is 5.56 Å². The van der Waals surface area contributed by atoms with Crippen LogP contribution in [0.15, 0.2) is 47.5 Å². The number of amides is 1. The summed E-state index contributed by atoms with van der Waals surface area (Å²) >= 11 is 0. The molecule has 0 saturated carbocycles. The minimum Gasteiger partial charge on any atom is -0.336 e. The van der Waals surface area contributed by atoms with Crippen LogP contribution in [0.1, 0.15) is 16.1 Å². The molecule has 1 saturated heterocycles. The lowest BCUT2D eigenvalue weighted by molar-refractivity contribution is -0.385. The second-order valence-corrected chi connectivity index (χ2v) is 8.08. The van der Waals surface area contributed by atoms with Gasteiger partial charge < -0.3 is 4.90 Å². The first-order valence-electron chi connectivity index (χ1n) is 8.25. The van der Waals surface area contributed by atoms with Gasteiger partial charge in [0.1, 0.15) is 0 Å². The fourth-order valence-corrected chi connectivity index (χ4v) is 4.28. The summed E-state index contributed by atoms with van der Waals surface area (Å²) in [6.07, 6.45) is 1.50. The molecule has 0 aliphatic carbocycles. The van der Waals surface area contributed by atoms with Crippen LogP contribution in [0.2, 0.25) is 0 Å². The molecule has 1 aliphatic rings. The third-order valence-corrected chi connectivity index (χ3v) is 6.25. The van der Waals surface area contributed by atoms with Crippen molar-refractivity contribution in [1.82, 2.24) is 14.2 Å². The molecule has 1 aromatic heterocycles. The molecule has 0 unspecified atom stereocenters. The Labute approximate surface area is 156 Å². The van der Waals surface area contributed by atoms with Gasteiger partial charge in [-0.05, 0) is 25.1 Å². The zero-order valence-corrected chi connectivity index (χ0v) is 15.4. The molecule has 3 rings (SSSR count). The van der Waals surface area contributed by atoms with E-state index in [2.05, 4.69) is 4.98 Å². The fraction of sp³-hybridized carbons (Fsp3) is 0.294. The molecule has 0 bridgehead atoms. The molecule has 9 nitrogen and oxygen atoms in total. The summed E-state index contributed by atoms with van der Waals surface area (Å²) in [6, 6.07) is 8.40. The lowest BCUT2D eigenvalue weighted by atomic mass is 10.2. The van der Waals surface area contributed by atoms with E-state index in [1.807, 2.05) is 6.92 Å². The molecule has 142 valence electrons. The van der Waals surface area contributed by atoms with Crippen LogP contribution in [-0.4, -0.2) is 59.6 Å². The van der Waals surface area contributed by atoms with Crippen molar-refractivity contribution in [1.29, 1.82) is 0 Å². The number of pyridine rings is 1. The Morgan fingerprint density at radius 2 is 1.85 bits per heavy atom. The summed E-state index contributed by atoms with van der Waals surface area (Å²) in [4.78, 5) is 28.3. The predicted octanol–water partition coefficient (Wildman–Crippen LogP) is 1.44. The molecule has 0 radical (unpaired) electrons. The van der Waals surface area contributed by atoms with E-state index in [9.17, 15) is 23.3 Å². The molecule has 0 N–H and O–H groups in total. The highest BCUT2D eigenvalue weighted by Crippen LogP contribution is 2.22. The molecule has 10 heteroatoms. The Morgan fingerprint density at radius 1 is 1.15 bits per heavy atom. The number of nitrogens with zero attached hydrogens (tertiary/aromatic N) is 4. The van der Waals surface area contributed by atoms with E-state index in [1.165, 1.54) is 28.7 Å². The first-order chi connectivity index (χ1) is 12.8. The second kappa shape index (κ2) is 7.41. The van der Waals surface area contributed by atoms with Crippen molar-refractivity contribution in [2.45, 2.75) is 11.8 Å². The van der Waals surface area contributed by atoms with Crippen molar-refractivity contribution in [2.24, 2.45) is 0 Å². The van der Waals surface area contributed by atoms with E-state index >= 15 is 0 Å². The minimum atomic E-state index is -3.86. The smallest absolute Gasteiger partial charge is 0.270 e. The highest BCUT2D eigenvalue weighted by molar-refractivity contribution is 7.89. The molecule has 1 fully saturated rings. The predicted molar refractivity (Wildman–Crippen MR) is 96.7 cm³/mol. The molecular formula is C17H18N4O5S. The molecule has 0 spiro atoms. The van der Waals surface area contributed by atoms with Gasteiger partial charge in [0.2, 0.25) is 10.0 Å². The normalized spacial score (nSPS) is 15.5. The van der Waals surface area contributed by atoms with E-state index in [4.69, 9.17) is 0 Å². The van der Waals surface area contributed by atoms with Gasteiger partial charge in [-0.25, -0.2) is 8.42 Å². The number of carbonyl (C=O) groups is 1. The first kappa shape index (κ1) is 18.9. The van der Waals surface area contributed by atoms with Gasteiger partial charge in [0.25, 0.3) is 11.6 Å². The Hall–Kier alpha value is -2.85. The molecule has 1 aliphatic heterocycles. The third-order valence-electron chi connectivity index (χ3n) is 4.35. The van der Waals surface area contributed by atoms with E-state index in [0.717, 1.165) is 11.8 Å². The summed E-state index contributed by atoms with van der Waals surface area (Å²) in [7, 11) is -3.86. The third kappa shape index (κ3) is 3.96.